The van der Waals surface area contributed by atoms with Crippen LogP contribution in [0.15, 0.2) is 0 Å². The van der Waals surface area contributed by atoms with Gasteiger partial charge in [-0.2, -0.15) is 0 Å². The number of ether oxygens (including phenoxy) is 1. The van der Waals surface area contributed by atoms with Gasteiger partial charge in [0.15, 0.2) is 0 Å². The molecule has 1 aliphatic carbocycles. The highest BCUT2D eigenvalue weighted by molar-refractivity contribution is 4.93. The molecule has 13 heavy (non-hydrogen) atoms. The van der Waals surface area contributed by atoms with Gasteiger partial charge in [0.05, 0.1) is 6.10 Å². The number of likely N-dealkylation sites (tertiary alicyclic amines) is 1. The maximum atomic E-state index is 5.78. The minimum Gasteiger partial charge on any atom is -0.380 e. The largest absolute Gasteiger partial charge is 0.380 e. The Morgan fingerprint density at radius 1 is 1.23 bits per heavy atom. The molecule has 2 N–H and O–H groups in total. The van der Waals surface area contributed by atoms with Gasteiger partial charge in [0.1, 0.15) is 0 Å². The van der Waals surface area contributed by atoms with E-state index in [1.807, 2.05) is 7.11 Å². The summed E-state index contributed by atoms with van der Waals surface area (Å²) in [4.78, 5) is 2.48. The Kier molecular flexibility index (Phi) is 2.86. The molecule has 2 aliphatic rings. The minimum absolute atomic E-state index is 0.416. The van der Waals surface area contributed by atoms with E-state index < -0.39 is 0 Å². The summed E-state index contributed by atoms with van der Waals surface area (Å²) in [6.07, 6.45) is 5.67. The Balaban J connectivity index is 1.87. The molecule has 1 saturated heterocycles. The molecule has 1 aliphatic heterocycles. The fourth-order valence-electron chi connectivity index (χ4n) is 2.59. The molecular formula is C10H20N2O. The first-order valence-electron chi connectivity index (χ1n) is 5.33. The Hall–Kier alpha value is -0.120. The zero-order valence-corrected chi connectivity index (χ0v) is 8.41. The minimum atomic E-state index is 0.416. The van der Waals surface area contributed by atoms with Crippen molar-refractivity contribution in [3.05, 3.63) is 0 Å². The summed E-state index contributed by atoms with van der Waals surface area (Å²) in [5, 5.41) is 0. The second-order valence-corrected chi connectivity index (χ2v) is 4.34. The predicted molar refractivity (Wildman–Crippen MR) is 52.6 cm³/mol. The summed E-state index contributed by atoms with van der Waals surface area (Å²) in [6, 6.07) is 1.07. The monoisotopic (exact) mass is 184 g/mol. The number of methoxy groups -OCH3 is 1. The van der Waals surface area contributed by atoms with Crippen LogP contribution in [0.2, 0.25) is 0 Å². The van der Waals surface area contributed by atoms with E-state index >= 15 is 0 Å². The fraction of sp³-hybridized carbons (Fsp3) is 1.00. The van der Waals surface area contributed by atoms with E-state index in [4.69, 9.17) is 10.5 Å². The van der Waals surface area contributed by atoms with Gasteiger partial charge in [0.2, 0.25) is 0 Å². The van der Waals surface area contributed by atoms with E-state index in [9.17, 15) is 0 Å². The van der Waals surface area contributed by atoms with Crippen LogP contribution in [0.4, 0.5) is 0 Å². The Morgan fingerprint density at radius 2 is 1.92 bits per heavy atom. The zero-order valence-electron chi connectivity index (χ0n) is 8.41. The van der Waals surface area contributed by atoms with Crippen molar-refractivity contribution >= 4 is 0 Å². The maximum absolute atomic E-state index is 5.78. The van der Waals surface area contributed by atoms with Gasteiger partial charge in [-0.1, -0.05) is 12.8 Å². The topological polar surface area (TPSA) is 38.5 Å². The first-order chi connectivity index (χ1) is 6.31. The highest BCUT2D eigenvalue weighted by Crippen LogP contribution is 2.27. The van der Waals surface area contributed by atoms with E-state index in [0.717, 1.165) is 13.1 Å². The first kappa shape index (κ1) is 9.44. The molecule has 2 unspecified atom stereocenters. The quantitative estimate of drug-likeness (QED) is 0.682. The molecule has 0 bridgehead atoms. The van der Waals surface area contributed by atoms with Gasteiger partial charge in [0.25, 0.3) is 0 Å². The molecule has 0 aromatic heterocycles. The van der Waals surface area contributed by atoms with Crippen LogP contribution in [-0.2, 0) is 4.74 Å². The molecule has 2 rings (SSSR count). The number of rotatable bonds is 2. The summed E-state index contributed by atoms with van der Waals surface area (Å²) >= 11 is 0. The normalized spacial score (nSPS) is 37.4. The van der Waals surface area contributed by atoms with Gasteiger partial charge in [-0.3, -0.25) is 4.90 Å². The molecular weight excluding hydrogens is 164 g/mol. The van der Waals surface area contributed by atoms with Crippen molar-refractivity contribution in [3.8, 4) is 0 Å². The lowest BCUT2D eigenvalue weighted by Gasteiger charge is -2.47. The van der Waals surface area contributed by atoms with Gasteiger partial charge in [-0.25, -0.2) is 0 Å². The Bertz CT molecular complexity index is 168. The van der Waals surface area contributed by atoms with Crippen LogP contribution in [-0.4, -0.2) is 43.3 Å². The van der Waals surface area contributed by atoms with Crippen LogP contribution in [0.5, 0.6) is 0 Å². The lowest BCUT2D eigenvalue weighted by atomic mass is 9.89. The third kappa shape index (κ3) is 1.87. The smallest absolute Gasteiger partial charge is 0.0726 e. The molecule has 2 atom stereocenters. The Morgan fingerprint density at radius 3 is 2.54 bits per heavy atom. The van der Waals surface area contributed by atoms with Gasteiger partial charge in [0, 0.05) is 32.3 Å². The van der Waals surface area contributed by atoms with Crippen molar-refractivity contribution in [3.63, 3.8) is 0 Å². The van der Waals surface area contributed by atoms with Crippen LogP contribution in [0.3, 0.4) is 0 Å². The molecule has 1 heterocycles. The number of hydrogen-bond donors (Lipinski definition) is 1. The van der Waals surface area contributed by atoms with E-state index in [2.05, 4.69) is 4.90 Å². The average molecular weight is 184 g/mol. The molecule has 0 radical (unpaired) electrons. The van der Waals surface area contributed by atoms with E-state index in [0.29, 0.717) is 18.2 Å². The summed E-state index contributed by atoms with van der Waals surface area (Å²) in [7, 11) is 1.84. The highest BCUT2D eigenvalue weighted by Gasteiger charge is 2.35. The van der Waals surface area contributed by atoms with Gasteiger partial charge in [-0.05, 0) is 12.8 Å². The Labute approximate surface area is 80.2 Å². The van der Waals surface area contributed by atoms with Gasteiger partial charge >= 0.3 is 0 Å². The molecule has 0 amide bonds. The second kappa shape index (κ2) is 3.95. The summed E-state index contributed by atoms with van der Waals surface area (Å²) in [6.45, 7) is 2.15. The van der Waals surface area contributed by atoms with Crippen LogP contribution >= 0.6 is 0 Å². The maximum Gasteiger partial charge on any atom is 0.0726 e. The number of hydrogen-bond acceptors (Lipinski definition) is 3. The number of nitrogens with zero attached hydrogens (tertiary/aromatic N) is 1. The van der Waals surface area contributed by atoms with Crippen LogP contribution in [0.1, 0.15) is 25.7 Å². The van der Waals surface area contributed by atoms with Crippen molar-refractivity contribution in [1.82, 2.24) is 4.90 Å². The predicted octanol–water partition coefficient (Wildman–Crippen LogP) is 0.587. The lowest BCUT2D eigenvalue weighted by molar-refractivity contribution is -0.0391. The van der Waals surface area contributed by atoms with Gasteiger partial charge < -0.3 is 10.5 Å². The van der Waals surface area contributed by atoms with E-state index in [-0.39, 0.29) is 0 Å². The zero-order chi connectivity index (χ0) is 9.26. The average Bonchev–Trinajstić information content (AvgIpc) is 2.13. The first-order valence-corrected chi connectivity index (χ1v) is 5.33. The molecule has 3 heteroatoms. The second-order valence-electron chi connectivity index (χ2n) is 4.34. The van der Waals surface area contributed by atoms with Crippen molar-refractivity contribution in [2.75, 3.05) is 20.2 Å². The summed E-state index contributed by atoms with van der Waals surface area (Å²) < 4.78 is 5.51. The van der Waals surface area contributed by atoms with Crippen molar-refractivity contribution in [1.29, 1.82) is 0 Å². The third-order valence-electron chi connectivity index (χ3n) is 3.38. The van der Waals surface area contributed by atoms with Crippen molar-refractivity contribution < 1.29 is 4.74 Å². The van der Waals surface area contributed by atoms with E-state index in [1.165, 1.54) is 25.7 Å². The number of nitrogens with two attached hydrogens (primary N) is 1. The molecule has 3 nitrogen and oxygen atoms in total. The molecule has 76 valence electrons. The third-order valence-corrected chi connectivity index (χ3v) is 3.38. The summed E-state index contributed by atoms with van der Waals surface area (Å²) in [5.41, 5.74) is 5.78. The molecule has 2 fully saturated rings. The van der Waals surface area contributed by atoms with Crippen LogP contribution < -0.4 is 5.73 Å². The fourth-order valence-corrected chi connectivity index (χ4v) is 2.59. The van der Waals surface area contributed by atoms with Crippen LogP contribution in [0.25, 0.3) is 0 Å². The van der Waals surface area contributed by atoms with E-state index in [1.54, 1.807) is 0 Å². The highest BCUT2D eigenvalue weighted by atomic mass is 16.5. The van der Waals surface area contributed by atoms with Crippen LogP contribution in [0, 0.1) is 0 Å². The molecule has 0 spiro atoms. The van der Waals surface area contributed by atoms with Gasteiger partial charge in [-0.15, -0.1) is 0 Å². The molecule has 1 saturated carbocycles. The standard InChI is InChI=1S/C10H20N2O/c1-13-10-5-3-2-4-9(10)12-6-8(11)7-12/h8-10H,2-7,11H2,1H3. The SMILES string of the molecule is COC1CCCCC1N1CC(N)C1. The lowest BCUT2D eigenvalue weighted by Crippen LogP contribution is -2.62. The summed E-state index contributed by atoms with van der Waals surface area (Å²) in [5.74, 6) is 0. The molecule has 0 aromatic rings. The molecule has 0 aromatic carbocycles. The van der Waals surface area contributed by atoms with Crippen molar-refractivity contribution in [2.45, 2.75) is 43.9 Å². The van der Waals surface area contributed by atoms with Crippen molar-refractivity contribution in [2.24, 2.45) is 5.73 Å².